The van der Waals surface area contributed by atoms with Gasteiger partial charge in [0.2, 0.25) is 0 Å². The minimum absolute atomic E-state index is 0.0710. The Labute approximate surface area is 199 Å². The molecule has 0 amide bonds. The van der Waals surface area contributed by atoms with E-state index in [2.05, 4.69) is 10.3 Å². The summed E-state index contributed by atoms with van der Waals surface area (Å²) >= 11 is 0. The fourth-order valence-corrected chi connectivity index (χ4v) is 5.24. The van der Waals surface area contributed by atoms with Gasteiger partial charge in [0.25, 0.3) is 15.7 Å². The second kappa shape index (κ2) is 8.27. The van der Waals surface area contributed by atoms with E-state index in [1.807, 2.05) is 0 Å². The normalized spacial score (nSPS) is 12.5. The largest absolute Gasteiger partial charge is 0.388 e. The molecule has 0 aliphatic heterocycles. The number of nitrogens with one attached hydrogen (secondary N) is 2. The van der Waals surface area contributed by atoms with Gasteiger partial charge < -0.3 is 15.4 Å². The summed E-state index contributed by atoms with van der Waals surface area (Å²) in [6.07, 6.45) is 0. The molecular weight excluding hydrogens is 472 g/mol. The predicted molar refractivity (Wildman–Crippen MR) is 129 cm³/mol. The summed E-state index contributed by atoms with van der Waals surface area (Å²) in [6, 6.07) is 16.4. The van der Waals surface area contributed by atoms with Crippen LogP contribution in [0.4, 0.5) is 11.4 Å². The molecular formula is C25H18N2O7S. The maximum Gasteiger partial charge on any atom is 0.298 e. The number of aliphatic hydroxyl groups excluding tert-OH is 1. The Balaban J connectivity index is 2.03. The van der Waals surface area contributed by atoms with Crippen LogP contribution in [-0.4, -0.2) is 43.8 Å². The SMILES string of the molecule is COS(=O)(=O)c1cc(Nc2ccccc2)c2c3c(c(C(=O)CO)c(=O)[nH]c13)-c1ccccc1C2=O. The second-order valence-electron chi connectivity index (χ2n) is 7.82. The molecule has 10 heteroatoms. The zero-order chi connectivity index (χ0) is 24.9. The average molecular weight is 490 g/mol. The van der Waals surface area contributed by atoms with Gasteiger partial charge in [-0.3, -0.25) is 18.6 Å². The Morgan fingerprint density at radius 1 is 1.00 bits per heavy atom. The van der Waals surface area contributed by atoms with Crippen molar-refractivity contribution in [3.63, 3.8) is 0 Å². The number of aromatic amines is 1. The van der Waals surface area contributed by atoms with Gasteiger partial charge in [-0.25, -0.2) is 0 Å². The van der Waals surface area contributed by atoms with Crippen LogP contribution in [-0.2, 0) is 14.3 Å². The minimum Gasteiger partial charge on any atom is -0.388 e. The molecule has 0 bridgehead atoms. The number of Topliss-reactive ketones (excluding diaryl/α,β-unsaturated/α-hetero) is 1. The molecule has 0 saturated carbocycles. The van der Waals surface area contributed by atoms with Crippen molar-refractivity contribution >= 4 is 44.0 Å². The molecule has 9 nitrogen and oxygen atoms in total. The van der Waals surface area contributed by atoms with Crippen LogP contribution in [0.1, 0.15) is 26.3 Å². The van der Waals surface area contributed by atoms with Crippen molar-refractivity contribution in [1.82, 2.24) is 4.98 Å². The molecule has 1 aliphatic rings. The van der Waals surface area contributed by atoms with Crippen molar-refractivity contribution in [2.45, 2.75) is 4.90 Å². The fourth-order valence-electron chi connectivity index (χ4n) is 4.39. The van der Waals surface area contributed by atoms with Gasteiger partial charge in [0, 0.05) is 22.2 Å². The third-order valence-corrected chi connectivity index (χ3v) is 7.19. The molecule has 5 rings (SSSR count). The first kappa shape index (κ1) is 22.7. The molecule has 4 aromatic rings. The first-order valence-electron chi connectivity index (χ1n) is 10.5. The Kier molecular flexibility index (Phi) is 5.36. The standard InChI is InChI=1S/C25H18N2O7S/c1-34-35(32,33)18-11-16(26-13-7-3-2-4-8-13)20-22-19(14-9-5-6-10-15(14)24(20)30)21(17(29)12-28)25(31)27-23(18)22/h2-11,26,28H,12H2,1H3,(H,27,31). The number of anilines is 2. The van der Waals surface area contributed by atoms with Gasteiger partial charge in [-0.15, -0.1) is 0 Å². The van der Waals surface area contributed by atoms with E-state index in [0.717, 1.165) is 7.11 Å². The third kappa shape index (κ3) is 3.46. The van der Waals surface area contributed by atoms with E-state index < -0.39 is 33.9 Å². The number of fused-ring (bicyclic) bond motifs is 2. The first-order valence-corrected chi connectivity index (χ1v) is 11.9. The molecule has 0 radical (unpaired) electrons. The zero-order valence-electron chi connectivity index (χ0n) is 18.3. The summed E-state index contributed by atoms with van der Waals surface area (Å²) in [5.41, 5.74) is -0.0155. The van der Waals surface area contributed by atoms with Gasteiger partial charge in [0.1, 0.15) is 11.5 Å². The van der Waals surface area contributed by atoms with Crippen LogP contribution in [0.2, 0.25) is 0 Å². The van der Waals surface area contributed by atoms with Crippen molar-refractivity contribution in [2.75, 3.05) is 19.0 Å². The molecule has 0 saturated heterocycles. The number of pyridine rings is 1. The summed E-state index contributed by atoms with van der Waals surface area (Å²) < 4.78 is 30.5. The summed E-state index contributed by atoms with van der Waals surface area (Å²) in [6.45, 7) is -0.946. The average Bonchev–Trinajstić information content (AvgIpc) is 2.87. The number of aliphatic hydroxyl groups is 1. The second-order valence-corrected chi connectivity index (χ2v) is 9.50. The minimum atomic E-state index is -4.36. The van der Waals surface area contributed by atoms with E-state index in [1.54, 1.807) is 54.6 Å². The monoisotopic (exact) mass is 490 g/mol. The number of para-hydroxylation sites is 1. The van der Waals surface area contributed by atoms with Gasteiger partial charge in [-0.1, -0.05) is 42.5 Å². The predicted octanol–water partition coefficient (Wildman–Crippen LogP) is 2.99. The number of H-pyrrole nitrogens is 1. The highest BCUT2D eigenvalue weighted by molar-refractivity contribution is 7.87. The van der Waals surface area contributed by atoms with Crippen LogP contribution < -0.4 is 10.9 Å². The molecule has 0 fully saturated rings. The van der Waals surface area contributed by atoms with E-state index in [-0.39, 0.29) is 49.3 Å². The summed E-state index contributed by atoms with van der Waals surface area (Å²) in [7, 11) is -3.38. The molecule has 0 atom stereocenters. The third-order valence-electron chi connectivity index (χ3n) is 5.89. The van der Waals surface area contributed by atoms with Crippen LogP contribution in [0.5, 0.6) is 0 Å². The van der Waals surface area contributed by atoms with E-state index in [9.17, 15) is 27.9 Å². The molecule has 1 aliphatic carbocycles. The van der Waals surface area contributed by atoms with Crippen LogP contribution in [0, 0.1) is 0 Å². The number of hydrogen-bond acceptors (Lipinski definition) is 8. The number of ketones is 2. The smallest absolute Gasteiger partial charge is 0.298 e. The number of benzene rings is 3. The topological polar surface area (TPSA) is 143 Å². The van der Waals surface area contributed by atoms with Crippen molar-refractivity contribution < 1.29 is 27.3 Å². The van der Waals surface area contributed by atoms with Crippen molar-refractivity contribution in [2.24, 2.45) is 0 Å². The van der Waals surface area contributed by atoms with Crippen molar-refractivity contribution in [3.05, 3.63) is 87.7 Å². The van der Waals surface area contributed by atoms with Crippen LogP contribution in [0.15, 0.2) is 70.4 Å². The number of carbonyl (C=O) groups is 2. The van der Waals surface area contributed by atoms with E-state index in [0.29, 0.717) is 5.69 Å². The lowest BCUT2D eigenvalue weighted by atomic mass is 9.80. The van der Waals surface area contributed by atoms with Crippen molar-refractivity contribution in [3.8, 4) is 11.1 Å². The molecule has 0 unspecified atom stereocenters. The maximum absolute atomic E-state index is 13.7. The Morgan fingerprint density at radius 3 is 2.31 bits per heavy atom. The van der Waals surface area contributed by atoms with Gasteiger partial charge in [0.05, 0.1) is 29.4 Å². The van der Waals surface area contributed by atoms with Crippen LogP contribution in [0.25, 0.3) is 22.0 Å². The fraction of sp³-hybridized carbons (Fsp3) is 0.0800. The highest BCUT2D eigenvalue weighted by Crippen LogP contribution is 2.45. The number of hydrogen-bond donors (Lipinski definition) is 3. The van der Waals surface area contributed by atoms with Gasteiger partial charge >= 0.3 is 0 Å². The number of rotatable bonds is 6. The zero-order valence-corrected chi connectivity index (χ0v) is 19.1. The van der Waals surface area contributed by atoms with Gasteiger partial charge in [0.15, 0.2) is 11.6 Å². The van der Waals surface area contributed by atoms with Crippen LogP contribution >= 0.6 is 0 Å². The lowest BCUT2D eigenvalue weighted by Gasteiger charge is -2.25. The first-order chi connectivity index (χ1) is 16.8. The summed E-state index contributed by atoms with van der Waals surface area (Å²) in [5, 5.41) is 12.7. The lowest BCUT2D eigenvalue weighted by molar-refractivity contribution is 0.0902. The molecule has 3 N–H and O–H groups in total. The lowest BCUT2D eigenvalue weighted by Crippen LogP contribution is -2.26. The molecule has 1 aromatic heterocycles. The quantitative estimate of drug-likeness (QED) is 0.244. The Bertz CT molecular complexity index is 1710. The van der Waals surface area contributed by atoms with Gasteiger partial charge in [-0.2, -0.15) is 8.42 Å². The van der Waals surface area contributed by atoms with E-state index in [1.165, 1.54) is 6.07 Å². The highest BCUT2D eigenvalue weighted by atomic mass is 32.2. The van der Waals surface area contributed by atoms with E-state index >= 15 is 0 Å². The Hall–Kier alpha value is -4.12. The summed E-state index contributed by atoms with van der Waals surface area (Å²) in [5.74, 6) is -1.29. The maximum atomic E-state index is 13.7. The van der Waals surface area contributed by atoms with E-state index in [4.69, 9.17) is 4.18 Å². The molecule has 1 heterocycles. The Morgan fingerprint density at radius 2 is 1.66 bits per heavy atom. The summed E-state index contributed by atoms with van der Waals surface area (Å²) in [4.78, 5) is 41.5. The molecule has 176 valence electrons. The molecule has 0 spiro atoms. The van der Waals surface area contributed by atoms with Gasteiger partial charge in [-0.05, 0) is 23.8 Å². The van der Waals surface area contributed by atoms with Crippen molar-refractivity contribution in [1.29, 1.82) is 0 Å². The van der Waals surface area contributed by atoms with Crippen LogP contribution in [0.3, 0.4) is 0 Å². The molecule has 35 heavy (non-hydrogen) atoms. The highest BCUT2D eigenvalue weighted by Gasteiger charge is 2.35. The number of aromatic nitrogens is 1. The molecule has 3 aromatic carbocycles. The number of carbonyl (C=O) groups excluding carboxylic acids is 2.